The minimum atomic E-state index is -0.311. The first kappa shape index (κ1) is 19.6. The summed E-state index contributed by atoms with van der Waals surface area (Å²) in [6.45, 7) is 4.26. The third-order valence-corrected chi connectivity index (χ3v) is 5.72. The summed E-state index contributed by atoms with van der Waals surface area (Å²) in [5.74, 6) is 0.243. The Hall–Kier alpha value is -3.33. The van der Waals surface area contributed by atoms with Crippen LogP contribution in [-0.4, -0.2) is 44.0 Å². The van der Waals surface area contributed by atoms with E-state index in [4.69, 9.17) is 9.47 Å². The summed E-state index contributed by atoms with van der Waals surface area (Å²) < 4.78 is 26.1. The molecule has 0 bridgehead atoms. The minimum Gasteiger partial charge on any atom is -0.471 e. The van der Waals surface area contributed by atoms with Gasteiger partial charge in [-0.25, -0.2) is 14.1 Å². The highest BCUT2D eigenvalue weighted by Gasteiger charge is 2.32. The van der Waals surface area contributed by atoms with Crippen LogP contribution in [0.1, 0.15) is 29.1 Å². The van der Waals surface area contributed by atoms with Crippen LogP contribution in [0, 0.1) is 18.7 Å². The third-order valence-electron chi connectivity index (χ3n) is 5.72. The number of rotatable bonds is 5. The Balaban J connectivity index is 1.28. The predicted octanol–water partition coefficient (Wildman–Crippen LogP) is 2.57. The van der Waals surface area contributed by atoms with Crippen molar-refractivity contribution >= 4 is 5.91 Å². The van der Waals surface area contributed by atoms with Crippen LogP contribution in [0.25, 0.3) is 5.69 Å². The highest BCUT2D eigenvalue weighted by atomic mass is 19.1. The van der Waals surface area contributed by atoms with Gasteiger partial charge in [0.1, 0.15) is 18.1 Å². The first-order valence-electron chi connectivity index (χ1n) is 10.2. The number of pyridine rings is 1. The summed E-state index contributed by atoms with van der Waals surface area (Å²) in [6, 6.07) is 9.81. The minimum absolute atomic E-state index is 0.0488. The molecular formula is C22H22FN5O3. The standard InChI is InChI=1S/C22H22FN5O3/c1-14-20(28(26-25-14)18-5-3-17(23)4-6-18)13-31-21-7-2-15-10-27(11-19(15)24-21)22(29)16-8-9-30-12-16/h2-7,16H,8-13H2,1H3. The van der Waals surface area contributed by atoms with E-state index in [1.54, 1.807) is 16.8 Å². The number of carbonyl (C=O) groups is 1. The topological polar surface area (TPSA) is 82.4 Å². The van der Waals surface area contributed by atoms with Crippen molar-refractivity contribution in [1.29, 1.82) is 0 Å². The number of hydrogen-bond donors (Lipinski definition) is 0. The number of hydrogen-bond acceptors (Lipinski definition) is 6. The lowest BCUT2D eigenvalue weighted by molar-refractivity contribution is -0.136. The lowest BCUT2D eigenvalue weighted by atomic mass is 10.1. The quantitative estimate of drug-likeness (QED) is 0.627. The zero-order valence-electron chi connectivity index (χ0n) is 17.1. The molecule has 0 N–H and O–H groups in total. The maximum absolute atomic E-state index is 13.2. The van der Waals surface area contributed by atoms with Gasteiger partial charge in [0.05, 0.1) is 36.1 Å². The Bertz CT molecular complexity index is 1110. The maximum atomic E-state index is 13.2. The fourth-order valence-electron chi connectivity index (χ4n) is 3.93. The van der Waals surface area contributed by atoms with Crippen LogP contribution in [0.4, 0.5) is 4.39 Å². The van der Waals surface area contributed by atoms with E-state index < -0.39 is 0 Å². The Kier molecular flexibility index (Phi) is 5.11. The van der Waals surface area contributed by atoms with Crippen molar-refractivity contribution in [3.8, 4) is 11.6 Å². The molecule has 0 aliphatic carbocycles. The van der Waals surface area contributed by atoms with Gasteiger partial charge in [0, 0.05) is 19.2 Å². The van der Waals surface area contributed by atoms with E-state index in [-0.39, 0.29) is 24.2 Å². The van der Waals surface area contributed by atoms with Crippen LogP contribution < -0.4 is 4.74 Å². The average molecular weight is 423 g/mol. The normalized spacial score (nSPS) is 17.7. The van der Waals surface area contributed by atoms with E-state index in [2.05, 4.69) is 15.3 Å². The number of amides is 1. The highest BCUT2D eigenvalue weighted by molar-refractivity contribution is 5.79. The van der Waals surface area contributed by atoms with Crippen molar-refractivity contribution < 1.29 is 18.7 Å². The summed E-state index contributed by atoms with van der Waals surface area (Å²) in [7, 11) is 0. The first-order chi connectivity index (χ1) is 15.1. The van der Waals surface area contributed by atoms with Crippen LogP contribution in [0.5, 0.6) is 5.88 Å². The second-order valence-electron chi connectivity index (χ2n) is 7.81. The Labute approximate surface area is 178 Å². The summed E-state index contributed by atoms with van der Waals surface area (Å²) in [6.07, 6.45) is 0.780. The molecule has 4 heterocycles. The number of nitrogens with zero attached hydrogens (tertiary/aromatic N) is 5. The summed E-state index contributed by atoms with van der Waals surface area (Å²) in [5.41, 5.74) is 4.07. The highest BCUT2D eigenvalue weighted by Crippen LogP contribution is 2.27. The van der Waals surface area contributed by atoms with Crippen LogP contribution in [0.3, 0.4) is 0 Å². The van der Waals surface area contributed by atoms with Gasteiger partial charge < -0.3 is 14.4 Å². The van der Waals surface area contributed by atoms with Gasteiger partial charge in [-0.15, -0.1) is 5.10 Å². The smallest absolute Gasteiger partial charge is 0.228 e. The molecule has 0 radical (unpaired) electrons. The summed E-state index contributed by atoms with van der Waals surface area (Å²) in [5, 5.41) is 8.26. The molecule has 0 saturated carbocycles. The maximum Gasteiger partial charge on any atom is 0.228 e. The molecule has 0 spiro atoms. The van der Waals surface area contributed by atoms with Crippen molar-refractivity contribution in [2.75, 3.05) is 13.2 Å². The Morgan fingerprint density at radius 3 is 2.84 bits per heavy atom. The molecule has 1 fully saturated rings. The van der Waals surface area contributed by atoms with Crippen LogP contribution >= 0.6 is 0 Å². The number of fused-ring (bicyclic) bond motifs is 1. The van der Waals surface area contributed by atoms with Gasteiger partial charge in [0.15, 0.2) is 0 Å². The van der Waals surface area contributed by atoms with Crippen molar-refractivity contribution in [3.05, 3.63) is 64.9 Å². The van der Waals surface area contributed by atoms with E-state index in [1.807, 2.05) is 24.0 Å². The second-order valence-corrected chi connectivity index (χ2v) is 7.81. The average Bonchev–Trinajstić information content (AvgIpc) is 3.52. The van der Waals surface area contributed by atoms with Crippen molar-refractivity contribution in [3.63, 3.8) is 0 Å². The molecular weight excluding hydrogens is 401 g/mol. The predicted molar refractivity (Wildman–Crippen MR) is 108 cm³/mol. The molecule has 9 heteroatoms. The van der Waals surface area contributed by atoms with Crippen molar-refractivity contribution in [1.82, 2.24) is 24.9 Å². The number of benzene rings is 1. The largest absolute Gasteiger partial charge is 0.471 e. The Morgan fingerprint density at radius 1 is 1.23 bits per heavy atom. The van der Waals surface area contributed by atoms with Gasteiger partial charge in [0.2, 0.25) is 11.8 Å². The Morgan fingerprint density at radius 2 is 2.06 bits per heavy atom. The van der Waals surface area contributed by atoms with Gasteiger partial charge in [-0.3, -0.25) is 4.79 Å². The number of ether oxygens (including phenoxy) is 2. The fraction of sp³-hybridized carbons (Fsp3) is 0.364. The SMILES string of the molecule is Cc1nnn(-c2ccc(F)cc2)c1COc1ccc2c(n1)CN(C(=O)C1CCOC1)C2. The lowest BCUT2D eigenvalue weighted by Crippen LogP contribution is -2.32. The molecule has 1 saturated heterocycles. The van der Waals surface area contributed by atoms with Gasteiger partial charge in [-0.05, 0) is 49.2 Å². The van der Waals surface area contributed by atoms with Gasteiger partial charge in [0.25, 0.3) is 0 Å². The molecule has 8 nitrogen and oxygen atoms in total. The van der Waals surface area contributed by atoms with Gasteiger partial charge >= 0.3 is 0 Å². The molecule has 2 aromatic heterocycles. The molecule has 2 aliphatic rings. The number of halogens is 1. The molecule has 5 rings (SSSR count). The first-order valence-corrected chi connectivity index (χ1v) is 10.2. The zero-order chi connectivity index (χ0) is 21.4. The monoisotopic (exact) mass is 423 g/mol. The summed E-state index contributed by atoms with van der Waals surface area (Å²) >= 11 is 0. The zero-order valence-corrected chi connectivity index (χ0v) is 17.1. The van der Waals surface area contributed by atoms with Crippen molar-refractivity contribution in [2.45, 2.75) is 33.0 Å². The van der Waals surface area contributed by atoms with Crippen LogP contribution in [0.2, 0.25) is 0 Å². The molecule has 1 amide bonds. The van der Waals surface area contributed by atoms with E-state index in [9.17, 15) is 9.18 Å². The number of aromatic nitrogens is 4. The van der Waals surface area contributed by atoms with Crippen molar-refractivity contribution in [2.24, 2.45) is 5.92 Å². The molecule has 1 aromatic carbocycles. The third kappa shape index (κ3) is 3.88. The van der Waals surface area contributed by atoms with Crippen LogP contribution in [0.15, 0.2) is 36.4 Å². The molecule has 31 heavy (non-hydrogen) atoms. The van der Waals surface area contributed by atoms with Gasteiger partial charge in [-0.2, -0.15) is 0 Å². The molecule has 1 atom stereocenters. The van der Waals surface area contributed by atoms with E-state index in [0.29, 0.717) is 37.9 Å². The molecule has 1 unspecified atom stereocenters. The lowest BCUT2D eigenvalue weighted by Gasteiger charge is -2.18. The molecule has 160 valence electrons. The number of carbonyl (C=O) groups excluding carboxylic acids is 1. The fourth-order valence-corrected chi connectivity index (χ4v) is 3.93. The molecule has 2 aliphatic heterocycles. The number of aryl methyl sites for hydroxylation is 1. The second kappa shape index (κ2) is 8.07. The van der Waals surface area contributed by atoms with E-state index in [0.717, 1.165) is 29.1 Å². The van der Waals surface area contributed by atoms with Crippen LogP contribution in [-0.2, 0) is 29.2 Å². The van der Waals surface area contributed by atoms with E-state index in [1.165, 1.54) is 12.1 Å². The summed E-state index contributed by atoms with van der Waals surface area (Å²) in [4.78, 5) is 19.1. The van der Waals surface area contributed by atoms with E-state index >= 15 is 0 Å². The van der Waals surface area contributed by atoms with Gasteiger partial charge in [-0.1, -0.05) is 5.21 Å². The molecule has 3 aromatic rings.